The molecule has 0 bridgehead atoms. The van der Waals surface area contributed by atoms with Gasteiger partial charge in [0.05, 0.1) is 17.8 Å². The molecule has 0 aliphatic heterocycles. The maximum atomic E-state index is 13.1. The van der Waals surface area contributed by atoms with E-state index < -0.39 is 18.9 Å². The minimum absolute atomic E-state index is 0.329. The van der Waals surface area contributed by atoms with Gasteiger partial charge in [-0.3, -0.25) is 9.78 Å². The number of halogens is 3. The highest BCUT2D eigenvalue weighted by atomic mass is 79.9. The Kier molecular flexibility index (Phi) is 5.46. The van der Waals surface area contributed by atoms with Gasteiger partial charge in [0.2, 0.25) is 0 Å². The normalized spacial score (nSPS) is 10.9. The summed E-state index contributed by atoms with van der Waals surface area (Å²) in [6, 6.07) is 6.85. The number of pyridine rings is 1. The van der Waals surface area contributed by atoms with Crippen molar-refractivity contribution in [2.75, 3.05) is 11.4 Å². The number of rotatable bonds is 4. The van der Waals surface area contributed by atoms with Crippen molar-refractivity contribution in [1.82, 2.24) is 4.98 Å². The van der Waals surface area contributed by atoms with Crippen molar-refractivity contribution in [3.63, 3.8) is 0 Å². The number of alkyl halides is 2. The van der Waals surface area contributed by atoms with E-state index in [1.165, 1.54) is 0 Å². The van der Waals surface area contributed by atoms with Crippen molar-refractivity contribution in [2.45, 2.75) is 27.2 Å². The van der Waals surface area contributed by atoms with Crippen molar-refractivity contribution in [2.24, 2.45) is 0 Å². The van der Waals surface area contributed by atoms with E-state index in [0.717, 1.165) is 20.5 Å². The molecule has 0 saturated heterocycles. The molecule has 1 aromatic carbocycles. The van der Waals surface area contributed by atoms with Gasteiger partial charge in [-0.2, -0.15) is 0 Å². The summed E-state index contributed by atoms with van der Waals surface area (Å²) in [5, 5.41) is 0. The molecule has 0 N–H and O–H groups in total. The van der Waals surface area contributed by atoms with Crippen LogP contribution in [0.2, 0.25) is 0 Å². The monoisotopic (exact) mass is 382 g/mol. The fraction of sp³-hybridized carbons (Fsp3) is 0.294. The van der Waals surface area contributed by atoms with Crippen LogP contribution in [0.4, 0.5) is 14.5 Å². The Morgan fingerprint density at radius 3 is 2.39 bits per heavy atom. The van der Waals surface area contributed by atoms with Crippen molar-refractivity contribution in [3.8, 4) is 0 Å². The SMILES string of the molecule is Cc1cc(Br)cc(C)c1N(CC(F)F)C(=O)c1cccnc1C. The highest BCUT2D eigenvalue weighted by Gasteiger charge is 2.25. The van der Waals surface area contributed by atoms with E-state index in [0.29, 0.717) is 16.9 Å². The summed E-state index contributed by atoms with van der Waals surface area (Å²) in [4.78, 5) is 18.0. The number of carbonyl (C=O) groups is 1. The predicted octanol–water partition coefficient (Wildman–Crippen LogP) is 4.68. The van der Waals surface area contributed by atoms with E-state index >= 15 is 0 Å². The van der Waals surface area contributed by atoms with Gasteiger partial charge in [-0.15, -0.1) is 0 Å². The number of hydrogen-bond donors (Lipinski definition) is 0. The fourth-order valence-electron chi connectivity index (χ4n) is 2.60. The summed E-state index contributed by atoms with van der Waals surface area (Å²) < 4.78 is 27.0. The largest absolute Gasteiger partial charge is 0.302 e. The first-order valence-corrected chi connectivity index (χ1v) is 7.89. The minimum atomic E-state index is -2.63. The van der Waals surface area contributed by atoms with Crippen LogP contribution >= 0.6 is 15.9 Å². The highest BCUT2D eigenvalue weighted by molar-refractivity contribution is 9.10. The molecule has 1 heterocycles. The van der Waals surface area contributed by atoms with Gasteiger partial charge in [0.25, 0.3) is 12.3 Å². The summed E-state index contributed by atoms with van der Waals surface area (Å²) in [6.45, 7) is 4.63. The van der Waals surface area contributed by atoms with Crippen LogP contribution in [0.1, 0.15) is 27.2 Å². The second kappa shape index (κ2) is 7.17. The number of aromatic nitrogens is 1. The maximum Gasteiger partial charge on any atom is 0.260 e. The number of anilines is 1. The zero-order chi connectivity index (χ0) is 17.1. The van der Waals surface area contributed by atoms with E-state index in [9.17, 15) is 13.6 Å². The van der Waals surface area contributed by atoms with Crippen LogP contribution < -0.4 is 4.90 Å². The van der Waals surface area contributed by atoms with Crippen LogP contribution in [0.3, 0.4) is 0 Å². The van der Waals surface area contributed by atoms with Gasteiger partial charge in [0.1, 0.15) is 0 Å². The van der Waals surface area contributed by atoms with Crippen molar-refractivity contribution in [3.05, 3.63) is 57.3 Å². The molecule has 0 aliphatic carbocycles. The van der Waals surface area contributed by atoms with E-state index in [1.54, 1.807) is 39.1 Å². The van der Waals surface area contributed by atoms with E-state index in [4.69, 9.17) is 0 Å². The Morgan fingerprint density at radius 2 is 1.87 bits per heavy atom. The standard InChI is InChI=1S/C17H17BrF2N2O/c1-10-7-13(18)8-11(2)16(10)22(9-15(19)20)17(23)14-5-4-6-21-12(14)3/h4-8,15H,9H2,1-3H3. The number of hydrogen-bond acceptors (Lipinski definition) is 2. The van der Waals surface area contributed by atoms with Crippen LogP contribution in [0, 0.1) is 20.8 Å². The van der Waals surface area contributed by atoms with Gasteiger partial charge >= 0.3 is 0 Å². The molecule has 2 aromatic rings. The molecular formula is C17H17BrF2N2O. The molecule has 0 aliphatic rings. The first-order valence-electron chi connectivity index (χ1n) is 7.09. The average Bonchev–Trinajstić information content (AvgIpc) is 2.44. The van der Waals surface area contributed by atoms with E-state index in [1.807, 2.05) is 12.1 Å². The molecule has 2 rings (SSSR count). The molecule has 1 amide bonds. The first-order chi connectivity index (χ1) is 10.8. The molecule has 122 valence electrons. The lowest BCUT2D eigenvalue weighted by Gasteiger charge is -2.26. The third-order valence-electron chi connectivity index (χ3n) is 3.53. The molecule has 0 spiro atoms. The van der Waals surface area contributed by atoms with Gasteiger partial charge in [-0.1, -0.05) is 15.9 Å². The van der Waals surface area contributed by atoms with E-state index in [-0.39, 0.29) is 0 Å². The summed E-state index contributed by atoms with van der Waals surface area (Å²) >= 11 is 3.38. The molecule has 3 nitrogen and oxygen atoms in total. The molecule has 0 radical (unpaired) electrons. The minimum Gasteiger partial charge on any atom is -0.302 e. The van der Waals surface area contributed by atoms with Crippen molar-refractivity contribution < 1.29 is 13.6 Å². The van der Waals surface area contributed by atoms with Crippen LogP contribution in [0.15, 0.2) is 34.9 Å². The van der Waals surface area contributed by atoms with Crippen LogP contribution in [0.5, 0.6) is 0 Å². The molecule has 0 atom stereocenters. The lowest BCUT2D eigenvalue weighted by molar-refractivity contribution is 0.0944. The predicted molar refractivity (Wildman–Crippen MR) is 90.3 cm³/mol. The third kappa shape index (κ3) is 3.93. The van der Waals surface area contributed by atoms with Gasteiger partial charge in [-0.25, -0.2) is 8.78 Å². The topological polar surface area (TPSA) is 33.2 Å². The maximum absolute atomic E-state index is 13.1. The van der Waals surface area contributed by atoms with Crippen LogP contribution in [-0.4, -0.2) is 23.9 Å². The molecule has 0 unspecified atom stereocenters. The Labute approximate surface area is 142 Å². The number of nitrogens with zero attached hydrogens (tertiary/aromatic N) is 2. The van der Waals surface area contributed by atoms with Crippen molar-refractivity contribution >= 4 is 27.5 Å². The molecule has 0 fully saturated rings. The van der Waals surface area contributed by atoms with Crippen LogP contribution in [0.25, 0.3) is 0 Å². The average molecular weight is 383 g/mol. The summed E-state index contributed by atoms with van der Waals surface area (Å²) in [5.41, 5.74) is 2.88. The molecule has 0 saturated carbocycles. The Bertz CT molecular complexity index is 711. The van der Waals surface area contributed by atoms with Gasteiger partial charge < -0.3 is 4.90 Å². The first kappa shape index (κ1) is 17.5. The van der Waals surface area contributed by atoms with Gasteiger partial charge in [0.15, 0.2) is 0 Å². The van der Waals surface area contributed by atoms with Gasteiger partial charge in [-0.05, 0) is 56.2 Å². The Morgan fingerprint density at radius 1 is 1.26 bits per heavy atom. The zero-order valence-corrected chi connectivity index (χ0v) is 14.7. The smallest absolute Gasteiger partial charge is 0.260 e. The molecule has 23 heavy (non-hydrogen) atoms. The quantitative estimate of drug-likeness (QED) is 0.768. The summed E-state index contributed by atoms with van der Waals surface area (Å²) in [5.74, 6) is -0.468. The summed E-state index contributed by atoms with van der Waals surface area (Å²) in [6.07, 6.45) is -1.06. The number of amides is 1. The molecule has 1 aromatic heterocycles. The Hall–Kier alpha value is -1.82. The van der Waals surface area contributed by atoms with Crippen LogP contribution in [-0.2, 0) is 0 Å². The van der Waals surface area contributed by atoms with E-state index in [2.05, 4.69) is 20.9 Å². The van der Waals surface area contributed by atoms with Crippen molar-refractivity contribution in [1.29, 1.82) is 0 Å². The van der Waals surface area contributed by atoms with Gasteiger partial charge in [0, 0.05) is 16.4 Å². The fourth-order valence-corrected chi connectivity index (χ4v) is 3.28. The lowest BCUT2D eigenvalue weighted by Crippen LogP contribution is -2.36. The highest BCUT2D eigenvalue weighted by Crippen LogP contribution is 2.30. The molecule has 6 heteroatoms. The third-order valence-corrected chi connectivity index (χ3v) is 3.99. The zero-order valence-electron chi connectivity index (χ0n) is 13.1. The number of carbonyl (C=O) groups excluding carboxylic acids is 1. The number of aryl methyl sites for hydroxylation is 3. The second-order valence-corrected chi connectivity index (χ2v) is 6.25. The summed E-state index contributed by atoms with van der Waals surface area (Å²) in [7, 11) is 0. The Balaban J connectivity index is 2.55. The number of benzene rings is 1. The second-order valence-electron chi connectivity index (χ2n) is 5.33. The molecular weight excluding hydrogens is 366 g/mol. The lowest BCUT2D eigenvalue weighted by atomic mass is 10.1.